The lowest BCUT2D eigenvalue weighted by molar-refractivity contribution is -0.139. The quantitative estimate of drug-likeness (QED) is 0.731. The van der Waals surface area contributed by atoms with E-state index in [9.17, 15) is 4.79 Å². The molecule has 0 heterocycles. The molecule has 1 saturated carbocycles. The molecule has 3 heteroatoms. The molecule has 0 bridgehead atoms. The van der Waals surface area contributed by atoms with E-state index in [4.69, 9.17) is 5.11 Å². The zero-order chi connectivity index (χ0) is 10.8. The van der Waals surface area contributed by atoms with E-state index < -0.39 is 12.0 Å². The SMILES string of the molecule is C[C@H](NC1CCCC(C)(C)C1)C(=O)O. The smallest absolute Gasteiger partial charge is 0.320 e. The minimum Gasteiger partial charge on any atom is -0.480 e. The van der Waals surface area contributed by atoms with Gasteiger partial charge in [0.05, 0.1) is 0 Å². The van der Waals surface area contributed by atoms with Crippen LogP contribution in [0.5, 0.6) is 0 Å². The van der Waals surface area contributed by atoms with E-state index in [1.54, 1.807) is 6.92 Å². The van der Waals surface area contributed by atoms with Crippen molar-refractivity contribution in [2.75, 3.05) is 0 Å². The van der Waals surface area contributed by atoms with Gasteiger partial charge in [-0.15, -0.1) is 0 Å². The fraction of sp³-hybridized carbons (Fsp3) is 0.909. The highest BCUT2D eigenvalue weighted by Crippen LogP contribution is 2.35. The van der Waals surface area contributed by atoms with E-state index in [-0.39, 0.29) is 0 Å². The average Bonchev–Trinajstić information content (AvgIpc) is 2.01. The summed E-state index contributed by atoms with van der Waals surface area (Å²) >= 11 is 0. The van der Waals surface area contributed by atoms with Crippen LogP contribution in [0.25, 0.3) is 0 Å². The van der Waals surface area contributed by atoms with Gasteiger partial charge in [-0.25, -0.2) is 0 Å². The van der Waals surface area contributed by atoms with E-state index in [0.717, 1.165) is 12.8 Å². The van der Waals surface area contributed by atoms with Crippen LogP contribution >= 0.6 is 0 Å². The number of nitrogens with one attached hydrogen (secondary N) is 1. The highest BCUT2D eigenvalue weighted by Gasteiger charge is 2.29. The van der Waals surface area contributed by atoms with Gasteiger partial charge < -0.3 is 10.4 Å². The summed E-state index contributed by atoms with van der Waals surface area (Å²) in [5.41, 5.74) is 0.369. The van der Waals surface area contributed by atoms with E-state index in [1.807, 2.05) is 0 Å². The number of carboxylic acid groups (broad SMARTS) is 1. The van der Waals surface area contributed by atoms with Crippen molar-refractivity contribution in [2.24, 2.45) is 5.41 Å². The first-order valence-electron chi connectivity index (χ1n) is 5.39. The largest absolute Gasteiger partial charge is 0.480 e. The summed E-state index contributed by atoms with van der Waals surface area (Å²) in [5.74, 6) is -0.756. The van der Waals surface area contributed by atoms with Crippen LogP contribution in [-0.4, -0.2) is 23.2 Å². The zero-order valence-electron chi connectivity index (χ0n) is 9.34. The number of hydrogen-bond donors (Lipinski definition) is 2. The van der Waals surface area contributed by atoms with Crippen LogP contribution in [0.3, 0.4) is 0 Å². The minimum absolute atomic E-state index is 0.369. The summed E-state index contributed by atoms with van der Waals surface area (Å²) in [6, 6.07) is -0.0428. The molecule has 1 unspecified atom stereocenters. The molecule has 2 N–H and O–H groups in total. The zero-order valence-corrected chi connectivity index (χ0v) is 9.34. The Morgan fingerprint density at radius 1 is 1.57 bits per heavy atom. The van der Waals surface area contributed by atoms with E-state index >= 15 is 0 Å². The third kappa shape index (κ3) is 3.29. The van der Waals surface area contributed by atoms with E-state index in [1.165, 1.54) is 12.8 Å². The van der Waals surface area contributed by atoms with Crippen LogP contribution in [0, 0.1) is 5.41 Å². The molecular weight excluding hydrogens is 178 g/mol. The predicted octanol–water partition coefficient (Wildman–Crippen LogP) is 2.02. The fourth-order valence-electron chi connectivity index (χ4n) is 2.27. The molecule has 1 aliphatic carbocycles. The molecule has 1 rings (SSSR count). The highest BCUT2D eigenvalue weighted by atomic mass is 16.4. The third-order valence-corrected chi connectivity index (χ3v) is 3.06. The molecule has 0 aliphatic heterocycles. The Morgan fingerprint density at radius 2 is 2.21 bits per heavy atom. The number of carboxylic acids is 1. The molecular formula is C11H21NO2. The standard InChI is InChI=1S/C11H21NO2/c1-8(10(13)14)12-9-5-4-6-11(2,3)7-9/h8-9,12H,4-7H2,1-3H3,(H,13,14)/t8-,9?/m0/s1. The van der Waals surface area contributed by atoms with Crippen LogP contribution in [-0.2, 0) is 4.79 Å². The van der Waals surface area contributed by atoms with E-state index in [2.05, 4.69) is 19.2 Å². The molecule has 14 heavy (non-hydrogen) atoms. The van der Waals surface area contributed by atoms with Crippen molar-refractivity contribution < 1.29 is 9.90 Å². The summed E-state index contributed by atoms with van der Waals surface area (Å²) in [6.45, 7) is 6.22. The normalized spacial score (nSPS) is 28.4. The molecule has 0 radical (unpaired) electrons. The second-order valence-electron chi connectivity index (χ2n) is 5.18. The lowest BCUT2D eigenvalue weighted by Crippen LogP contribution is -2.45. The molecule has 0 aromatic heterocycles. The van der Waals surface area contributed by atoms with Crippen molar-refractivity contribution in [2.45, 2.75) is 58.5 Å². The Labute approximate surface area is 85.9 Å². The van der Waals surface area contributed by atoms with Gasteiger partial charge in [0.15, 0.2) is 0 Å². The fourth-order valence-corrected chi connectivity index (χ4v) is 2.27. The summed E-state index contributed by atoms with van der Waals surface area (Å²) in [4.78, 5) is 10.7. The molecule has 1 fully saturated rings. The van der Waals surface area contributed by atoms with Gasteiger partial charge in [0.2, 0.25) is 0 Å². The first kappa shape index (κ1) is 11.5. The second-order valence-corrected chi connectivity index (χ2v) is 5.18. The number of rotatable bonds is 3. The van der Waals surface area contributed by atoms with Gasteiger partial charge in [-0.05, 0) is 31.6 Å². The lowest BCUT2D eigenvalue weighted by Gasteiger charge is -2.36. The van der Waals surface area contributed by atoms with E-state index in [0.29, 0.717) is 11.5 Å². The summed E-state index contributed by atoms with van der Waals surface area (Å²) in [5, 5.41) is 12.0. The molecule has 3 nitrogen and oxygen atoms in total. The Bertz CT molecular complexity index is 213. The average molecular weight is 199 g/mol. The highest BCUT2D eigenvalue weighted by molar-refractivity contribution is 5.72. The minimum atomic E-state index is -0.756. The molecule has 2 atom stereocenters. The van der Waals surface area contributed by atoms with Gasteiger partial charge in [-0.2, -0.15) is 0 Å². The van der Waals surface area contributed by atoms with Crippen LogP contribution in [0.1, 0.15) is 46.5 Å². The topological polar surface area (TPSA) is 49.3 Å². The predicted molar refractivity (Wildman–Crippen MR) is 56.3 cm³/mol. The first-order chi connectivity index (χ1) is 6.41. The number of hydrogen-bond acceptors (Lipinski definition) is 2. The van der Waals surface area contributed by atoms with Crippen molar-refractivity contribution in [3.8, 4) is 0 Å². The van der Waals surface area contributed by atoms with Gasteiger partial charge in [-0.1, -0.05) is 20.3 Å². The van der Waals surface area contributed by atoms with Gasteiger partial charge in [0, 0.05) is 6.04 Å². The Balaban J connectivity index is 2.42. The van der Waals surface area contributed by atoms with Gasteiger partial charge >= 0.3 is 5.97 Å². The van der Waals surface area contributed by atoms with Crippen molar-refractivity contribution in [3.05, 3.63) is 0 Å². The Kier molecular flexibility index (Phi) is 3.53. The summed E-state index contributed by atoms with van der Waals surface area (Å²) < 4.78 is 0. The molecule has 0 spiro atoms. The molecule has 0 amide bonds. The monoisotopic (exact) mass is 199 g/mol. The van der Waals surface area contributed by atoms with Crippen LogP contribution in [0.4, 0.5) is 0 Å². The first-order valence-corrected chi connectivity index (χ1v) is 5.39. The molecule has 0 aromatic rings. The molecule has 0 saturated heterocycles. The van der Waals surface area contributed by atoms with Crippen LogP contribution in [0.15, 0.2) is 0 Å². The Morgan fingerprint density at radius 3 is 2.71 bits per heavy atom. The van der Waals surface area contributed by atoms with Crippen molar-refractivity contribution >= 4 is 5.97 Å². The van der Waals surface area contributed by atoms with Crippen LogP contribution < -0.4 is 5.32 Å². The molecule has 82 valence electrons. The Hall–Kier alpha value is -0.570. The molecule has 1 aliphatic rings. The number of carbonyl (C=O) groups is 1. The van der Waals surface area contributed by atoms with Crippen molar-refractivity contribution in [1.29, 1.82) is 0 Å². The number of aliphatic carboxylic acids is 1. The summed E-state index contributed by atoms with van der Waals surface area (Å²) in [7, 11) is 0. The second kappa shape index (κ2) is 4.30. The van der Waals surface area contributed by atoms with Gasteiger partial charge in [-0.3, -0.25) is 4.79 Å². The van der Waals surface area contributed by atoms with Gasteiger partial charge in [0.25, 0.3) is 0 Å². The van der Waals surface area contributed by atoms with Crippen LogP contribution in [0.2, 0.25) is 0 Å². The third-order valence-electron chi connectivity index (χ3n) is 3.06. The summed E-state index contributed by atoms with van der Waals surface area (Å²) in [6.07, 6.45) is 4.66. The van der Waals surface area contributed by atoms with Crippen molar-refractivity contribution in [1.82, 2.24) is 5.32 Å². The maximum Gasteiger partial charge on any atom is 0.320 e. The maximum atomic E-state index is 10.7. The lowest BCUT2D eigenvalue weighted by atomic mass is 9.75. The van der Waals surface area contributed by atoms with Crippen molar-refractivity contribution in [3.63, 3.8) is 0 Å². The van der Waals surface area contributed by atoms with Gasteiger partial charge in [0.1, 0.15) is 6.04 Å². The molecule has 0 aromatic carbocycles. The maximum absolute atomic E-state index is 10.7.